The molecule has 100 valence electrons. The number of rotatable bonds is 4. The third-order valence-corrected chi connectivity index (χ3v) is 3.54. The number of anilines is 2. The number of methoxy groups -OCH3 is 1. The van der Waals surface area contributed by atoms with Crippen molar-refractivity contribution in [2.75, 3.05) is 36.1 Å². The molecule has 2 rings (SSSR count). The lowest BCUT2D eigenvalue weighted by atomic mass is 10.2. The summed E-state index contributed by atoms with van der Waals surface area (Å²) in [7, 11) is -1.75. The number of sulfonamides is 1. The van der Waals surface area contributed by atoms with Crippen LogP contribution in [0.5, 0.6) is 5.75 Å². The van der Waals surface area contributed by atoms with Crippen molar-refractivity contribution < 1.29 is 13.2 Å². The zero-order valence-corrected chi connectivity index (χ0v) is 11.5. The standard InChI is InChI=1S/C12H18N2O3S/c1-17-12-9-10(14-7-3-4-8-14)5-6-11(12)13-18(2,15)16/h5-6,9,13H,3-4,7-8H2,1-2H3. The van der Waals surface area contributed by atoms with Crippen LogP contribution >= 0.6 is 0 Å². The molecule has 1 aromatic rings. The number of hydrogen-bond acceptors (Lipinski definition) is 4. The first kappa shape index (κ1) is 13.0. The summed E-state index contributed by atoms with van der Waals surface area (Å²) in [5, 5.41) is 0. The Morgan fingerprint density at radius 1 is 1.28 bits per heavy atom. The van der Waals surface area contributed by atoms with E-state index in [1.54, 1.807) is 6.07 Å². The Hall–Kier alpha value is -1.43. The fourth-order valence-corrected chi connectivity index (χ4v) is 2.70. The molecule has 1 aliphatic heterocycles. The normalized spacial score (nSPS) is 15.8. The largest absolute Gasteiger partial charge is 0.494 e. The highest BCUT2D eigenvalue weighted by atomic mass is 32.2. The van der Waals surface area contributed by atoms with Crippen LogP contribution in [0, 0.1) is 0 Å². The quantitative estimate of drug-likeness (QED) is 0.904. The summed E-state index contributed by atoms with van der Waals surface area (Å²) in [6.07, 6.45) is 3.53. The van der Waals surface area contributed by atoms with Crippen LogP contribution < -0.4 is 14.4 Å². The van der Waals surface area contributed by atoms with Crippen LogP contribution in [-0.4, -0.2) is 34.9 Å². The topological polar surface area (TPSA) is 58.6 Å². The second kappa shape index (κ2) is 5.06. The van der Waals surface area contributed by atoms with Crippen LogP contribution in [0.3, 0.4) is 0 Å². The van der Waals surface area contributed by atoms with E-state index in [0.717, 1.165) is 25.0 Å². The van der Waals surface area contributed by atoms with E-state index in [-0.39, 0.29) is 0 Å². The summed E-state index contributed by atoms with van der Waals surface area (Å²) in [5.74, 6) is 0.546. The van der Waals surface area contributed by atoms with E-state index in [4.69, 9.17) is 4.74 Å². The van der Waals surface area contributed by atoms with Gasteiger partial charge in [-0.15, -0.1) is 0 Å². The Morgan fingerprint density at radius 2 is 1.94 bits per heavy atom. The molecule has 1 heterocycles. The average molecular weight is 270 g/mol. The first-order valence-electron chi connectivity index (χ1n) is 5.90. The van der Waals surface area contributed by atoms with Gasteiger partial charge in [0.05, 0.1) is 19.1 Å². The van der Waals surface area contributed by atoms with Crippen LogP contribution in [0.15, 0.2) is 18.2 Å². The third-order valence-electron chi connectivity index (χ3n) is 2.95. The number of nitrogens with zero attached hydrogens (tertiary/aromatic N) is 1. The van der Waals surface area contributed by atoms with Crippen molar-refractivity contribution >= 4 is 21.4 Å². The van der Waals surface area contributed by atoms with Crippen molar-refractivity contribution in [3.05, 3.63) is 18.2 Å². The van der Waals surface area contributed by atoms with Crippen molar-refractivity contribution in [1.82, 2.24) is 0 Å². The Balaban J connectivity index is 2.27. The lowest BCUT2D eigenvalue weighted by Crippen LogP contribution is -2.18. The van der Waals surface area contributed by atoms with E-state index in [2.05, 4.69) is 9.62 Å². The van der Waals surface area contributed by atoms with Crippen molar-refractivity contribution in [3.8, 4) is 5.75 Å². The number of ether oxygens (including phenoxy) is 1. The van der Waals surface area contributed by atoms with Crippen molar-refractivity contribution in [2.24, 2.45) is 0 Å². The first-order valence-corrected chi connectivity index (χ1v) is 7.79. The molecule has 6 heteroatoms. The van der Waals surface area contributed by atoms with Gasteiger partial charge in [0, 0.05) is 24.8 Å². The molecule has 1 saturated heterocycles. The molecule has 0 aliphatic carbocycles. The summed E-state index contributed by atoms with van der Waals surface area (Å²) in [4.78, 5) is 2.27. The molecular weight excluding hydrogens is 252 g/mol. The number of benzene rings is 1. The van der Waals surface area contributed by atoms with Crippen LogP contribution in [0.2, 0.25) is 0 Å². The second-order valence-corrected chi connectivity index (χ2v) is 6.20. The molecule has 0 saturated carbocycles. The van der Waals surface area contributed by atoms with Crippen LogP contribution in [0.1, 0.15) is 12.8 Å². The molecule has 0 unspecified atom stereocenters. The van der Waals surface area contributed by atoms with Crippen LogP contribution in [0.25, 0.3) is 0 Å². The molecule has 0 spiro atoms. The van der Waals surface area contributed by atoms with Gasteiger partial charge in [0.15, 0.2) is 0 Å². The highest BCUT2D eigenvalue weighted by molar-refractivity contribution is 7.92. The Labute approximate surface area is 108 Å². The minimum Gasteiger partial charge on any atom is -0.494 e. The summed E-state index contributed by atoms with van der Waals surface area (Å²) in [6, 6.07) is 5.54. The summed E-state index contributed by atoms with van der Waals surface area (Å²) in [6.45, 7) is 2.09. The molecule has 18 heavy (non-hydrogen) atoms. The van der Waals surface area contributed by atoms with Gasteiger partial charge in [-0.25, -0.2) is 8.42 Å². The summed E-state index contributed by atoms with van der Waals surface area (Å²) in [5.41, 5.74) is 1.55. The van der Waals surface area contributed by atoms with Gasteiger partial charge in [0.25, 0.3) is 0 Å². The van der Waals surface area contributed by atoms with Gasteiger partial charge in [-0.3, -0.25) is 4.72 Å². The van der Waals surface area contributed by atoms with Crippen molar-refractivity contribution in [1.29, 1.82) is 0 Å². The lowest BCUT2D eigenvalue weighted by molar-refractivity contribution is 0.417. The molecule has 1 fully saturated rings. The van der Waals surface area contributed by atoms with Gasteiger partial charge in [-0.1, -0.05) is 0 Å². The molecule has 1 N–H and O–H groups in total. The zero-order chi connectivity index (χ0) is 13.2. The third kappa shape index (κ3) is 3.07. The van der Waals surface area contributed by atoms with E-state index < -0.39 is 10.0 Å². The molecule has 0 bridgehead atoms. The fraction of sp³-hybridized carbons (Fsp3) is 0.500. The van der Waals surface area contributed by atoms with Gasteiger partial charge in [-0.05, 0) is 25.0 Å². The Morgan fingerprint density at radius 3 is 2.50 bits per heavy atom. The molecule has 1 aromatic carbocycles. The van der Waals surface area contributed by atoms with Crippen molar-refractivity contribution in [3.63, 3.8) is 0 Å². The smallest absolute Gasteiger partial charge is 0.229 e. The minimum absolute atomic E-state index is 0.475. The Bertz CT molecular complexity index is 522. The fourth-order valence-electron chi connectivity index (χ4n) is 2.14. The van der Waals surface area contributed by atoms with Crippen molar-refractivity contribution in [2.45, 2.75) is 12.8 Å². The zero-order valence-electron chi connectivity index (χ0n) is 10.6. The molecule has 0 aromatic heterocycles. The maximum Gasteiger partial charge on any atom is 0.229 e. The van der Waals surface area contributed by atoms with Gasteiger partial charge < -0.3 is 9.64 Å². The summed E-state index contributed by atoms with van der Waals surface area (Å²) < 4.78 is 30.2. The van der Waals surface area contributed by atoms with Crippen LogP contribution in [0.4, 0.5) is 11.4 Å². The number of hydrogen-bond donors (Lipinski definition) is 1. The maximum atomic E-state index is 11.2. The van der Waals surface area contributed by atoms with E-state index in [1.807, 2.05) is 12.1 Å². The maximum absolute atomic E-state index is 11.2. The average Bonchev–Trinajstić information content (AvgIpc) is 2.81. The highest BCUT2D eigenvalue weighted by Crippen LogP contribution is 2.31. The number of nitrogens with one attached hydrogen (secondary N) is 1. The Kier molecular flexibility index (Phi) is 3.65. The van der Waals surface area contributed by atoms with E-state index >= 15 is 0 Å². The monoisotopic (exact) mass is 270 g/mol. The van der Waals surface area contributed by atoms with Gasteiger partial charge in [0.1, 0.15) is 5.75 Å². The predicted octanol–water partition coefficient (Wildman–Crippen LogP) is 1.67. The van der Waals surface area contributed by atoms with E-state index in [1.165, 1.54) is 20.0 Å². The lowest BCUT2D eigenvalue weighted by Gasteiger charge is -2.19. The van der Waals surface area contributed by atoms with E-state index in [0.29, 0.717) is 11.4 Å². The SMILES string of the molecule is COc1cc(N2CCCC2)ccc1NS(C)(=O)=O. The van der Waals surface area contributed by atoms with Gasteiger partial charge in [0.2, 0.25) is 10.0 Å². The molecule has 0 radical (unpaired) electrons. The first-order chi connectivity index (χ1) is 8.49. The minimum atomic E-state index is -3.29. The van der Waals surface area contributed by atoms with E-state index in [9.17, 15) is 8.42 Å². The predicted molar refractivity (Wildman–Crippen MR) is 72.9 cm³/mol. The van der Waals surface area contributed by atoms with Gasteiger partial charge in [-0.2, -0.15) is 0 Å². The summed E-state index contributed by atoms with van der Waals surface area (Å²) >= 11 is 0. The van der Waals surface area contributed by atoms with Crippen LogP contribution in [-0.2, 0) is 10.0 Å². The molecular formula is C12H18N2O3S. The molecule has 1 aliphatic rings. The van der Waals surface area contributed by atoms with Gasteiger partial charge >= 0.3 is 0 Å². The molecule has 5 nitrogen and oxygen atoms in total. The highest BCUT2D eigenvalue weighted by Gasteiger charge is 2.15. The second-order valence-electron chi connectivity index (χ2n) is 4.45. The molecule has 0 amide bonds. The molecule has 0 atom stereocenters.